The lowest BCUT2D eigenvalue weighted by Crippen LogP contribution is -2.42. The van der Waals surface area contributed by atoms with Crippen LogP contribution in [0.4, 0.5) is 4.39 Å². The fourth-order valence-corrected chi connectivity index (χ4v) is 2.85. The van der Waals surface area contributed by atoms with Gasteiger partial charge in [0, 0.05) is 13.1 Å². The standard InChI is InChI=1S/C23H29FN2O3/c1-5-26(15-21(27)25-14-17-10-12-18(24)13-11-17)22(28)16-29-20-9-7-6-8-19(20)23(2,3)4/h6-13H,5,14-16H2,1-4H3,(H,25,27). The third-order valence-corrected chi connectivity index (χ3v) is 4.52. The quantitative estimate of drug-likeness (QED) is 0.736. The molecule has 0 heterocycles. The topological polar surface area (TPSA) is 58.6 Å². The highest BCUT2D eigenvalue weighted by Crippen LogP contribution is 2.30. The molecule has 0 aromatic heterocycles. The molecule has 0 aliphatic rings. The van der Waals surface area contributed by atoms with Crippen LogP contribution in [0.1, 0.15) is 38.8 Å². The van der Waals surface area contributed by atoms with Crippen LogP contribution in [0, 0.1) is 5.82 Å². The summed E-state index contributed by atoms with van der Waals surface area (Å²) in [6.07, 6.45) is 0. The minimum absolute atomic E-state index is 0.0548. The lowest BCUT2D eigenvalue weighted by molar-refractivity contribution is -0.137. The molecule has 6 heteroatoms. The zero-order chi connectivity index (χ0) is 21.4. The third kappa shape index (κ3) is 6.89. The van der Waals surface area contributed by atoms with E-state index in [4.69, 9.17) is 4.74 Å². The van der Waals surface area contributed by atoms with Crippen molar-refractivity contribution in [1.29, 1.82) is 0 Å². The number of nitrogens with one attached hydrogen (secondary N) is 1. The Morgan fingerprint density at radius 2 is 1.72 bits per heavy atom. The van der Waals surface area contributed by atoms with Crippen LogP contribution >= 0.6 is 0 Å². The third-order valence-electron chi connectivity index (χ3n) is 4.52. The summed E-state index contributed by atoms with van der Waals surface area (Å²) in [4.78, 5) is 26.2. The lowest BCUT2D eigenvalue weighted by Gasteiger charge is -2.24. The maximum atomic E-state index is 12.9. The van der Waals surface area contributed by atoms with Crippen molar-refractivity contribution in [1.82, 2.24) is 10.2 Å². The van der Waals surface area contributed by atoms with Crippen LogP contribution in [0.5, 0.6) is 5.75 Å². The molecule has 0 bridgehead atoms. The number of para-hydroxylation sites is 1. The van der Waals surface area contributed by atoms with Crippen LogP contribution in [-0.2, 0) is 21.5 Å². The van der Waals surface area contributed by atoms with Gasteiger partial charge in [0.15, 0.2) is 6.61 Å². The minimum Gasteiger partial charge on any atom is -0.483 e. The molecule has 5 nitrogen and oxygen atoms in total. The number of rotatable bonds is 8. The maximum absolute atomic E-state index is 12.9. The zero-order valence-electron chi connectivity index (χ0n) is 17.5. The van der Waals surface area contributed by atoms with Gasteiger partial charge in [-0.25, -0.2) is 4.39 Å². The molecule has 29 heavy (non-hydrogen) atoms. The molecule has 0 aliphatic heterocycles. The summed E-state index contributed by atoms with van der Waals surface area (Å²) in [5, 5.41) is 2.74. The van der Waals surface area contributed by atoms with Crippen LogP contribution < -0.4 is 10.1 Å². The molecule has 156 valence electrons. The number of ether oxygens (including phenoxy) is 1. The Morgan fingerprint density at radius 3 is 2.34 bits per heavy atom. The predicted octanol–water partition coefficient (Wildman–Crippen LogP) is 3.67. The first-order chi connectivity index (χ1) is 13.7. The van der Waals surface area contributed by atoms with Gasteiger partial charge in [-0.2, -0.15) is 0 Å². The van der Waals surface area contributed by atoms with Crippen LogP contribution in [0.3, 0.4) is 0 Å². The minimum atomic E-state index is -0.323. The Labute approximate surface area is 171 Å². The second-order valence-corrected chi connectivity index (χ2v) is 7.85. The Hall–Kier alpha value is -2.89. The fraction of sp³-hybridized carbons (Fsp3) is 0.391. The van der Waals surface area contributed by atoms with Gasteiger partial charge in [0.05, 0.1) is 6.54 Å². The highest BCUT2D eigenvalue weighted by atomic mass is 19.1. The lowest BCUT2D eigenvalue weighted by atomic mass is 9.86. The monoisotopic (exact) mass is 400 g/mol. The van der Waals surface area contributed by atoms with Gasteiger partial charge in [0.1, 0.15) is 11.6 Å². The van der Waals surface area contributed by atoms with Gasteiger partial charge in [-0.3, -0.25) is 9.59 Å². The summed E-state index contributed by atoms with van der Waals surface area (Å²) in [6, 6.07) is 13.6. The Kier molecular flexibility index (Phi) is 7.76. The highest BCUT2D eigenvalue weighted by Gasteiger charge is 2.20. The second-order valence-electron chi connectivity index (χ2n) is 7.85. The van der Waals surface area contributed by atoms with Gasteiger partial charge >= 0.3 is 0 Å². The molecule has 0 aliphatic carbocycles. The first-order valence-corrected chi connectivity index (χ1v) is 9.72. The van der Waals surface area contributed by atoms with Gasteiger partial charge in [0.25, 0.3) is 5.91 Å². The van der Waals surface area contributed by atoms with Gasteiger partial charge in [-0.1, -0.05) is 51.1 Å². The largest absolute Gasteiger partial charge is 0.483 e. The molecule has 0 unspecified atom stereocenters. The molecule has 2 aromatic carbocycles. The number of amides is 2. The number of halogens is 1. The molecular formula is C23H29FN2O3. The van der Waals surface area contributed by atoms with E-state index in [1.54, 1.807) is 12.1 Å². The van der Waals surface area contributed by atoms with E-state index in [-0.39, 0.29) is 42.7 Å². The van der Waals surface area contributed by atoms with E-state index in [0.29, 0.717) is 12.3 Å². The number of hydrogen-bond acceptors (Lipinski definition) is 3. The highest BCUT2D eigenvalue weighted by molar-refractivity contribution is 5.85. The summed E-state index contributed by atoms with van der Waals surface area (Å²) in [5.74, 6) is -0.186. The van der Waals surface area contributed by atoms with Crippen molar-refractivity contribution in [3.8, 4) is 5.75 Å². The second kappa shape index (κ2) is 10.0. The smallest absolute Gasteiger partial charge is 0.260 e. The Bertz CT molecular complexity index is 829. The van der Waals surface area contributed by atoms with E-state index in [0.717, 1.165) is 11.1 Å². The van der Waals surface area contributed by atoms with E-state index in [1.807, 2.05) is 31.2 Å². The van der Waals surface area contributed by atoms with Crippen molar-refractivity contribution in [3.05, 3.63) is 65.5 Å². The first-order valence-electron chi connectivity index (χ1n) is 9.72. The van der Waals surface area contributed by atoms with Gasteiger partial charge in [-0.15, -0.1) is 0 Å². The normalized spacial score (nSPS) is 11.1. The summed E-state index contributed by atoms with van der Waals surface area (Å²) in [7, 11) is 0. The van der Waals surface area contributed by atoms with E-state index >= 15 is 0 Å². The van der Waals surface area contributed by atoms with Crippen molar-refractivity contribution in [2.45, 2.75) is 39.7 Å². The maximum Gasteiger partial charge on any atom is 0.260 e. The van der Waals surface area contributed by atoms with Gasteiger partial charge in [-0.05, 0) is 41.7 Å². The molecule has 0 spiro atoms. The number of carbonyl (C=O) groups is 2. The van der Waals surface area contributed by atoms with Crippen LogP contribution in [0.15, 0.2) is 48.5 Å². The van der Waals surface area contributed by atoms with Crippen molar-refractivity contribution in [3.63, 3.8) is 0 Å². The number of likely N-dealkylation sites (N-methyl/N-ethyl adjacent to an activating group) is 1. The predicted molar refractivity (Wildman–Crippen MR) is 111 cm³/mol. The molecule has 2 aromatic rings. The molecule has 1 N–H and O–H groups in total. The average molecular weight is 400 g/mol. The molecule has 2 rings (SSSR count). The van der Waals surface area contributed by atoms with Crippen molar-refractivity contribution in [2.75, 3.05) is 19.7 Å². The molecule has 2 amide bonds. The van der Waals surface area contributed by atoms with E-state index in [9.17, 15) is 14.0 Å². The zero-order valence-corrected chi connectivity index (χ0v) is 17.5. The van der Waals surface area contributed by atoms with Crippen LogP contribution in [-0.4, -0.2) is 36.4 Å². The molecule has 0 saturated heterocycles. The van der Waals surface area contributed by atoms with E-state index in [1.165, 1.54) is 17.0 Å². The number of hydrogen-bond donors (Lipinski definition) is 1. The van der Waals surface area contributed by atoms with Crippen molar-refractivity contribution in [2.24, 2.45) is 0 Å². The van der Waals surface area contributed by atoms with Crippen molar-refractivity contribution < 1.29 is 18.7 Å². The fourth-order valence-electron chi connectivity index (χ4n) is 2.85. The number of benzene rings is 2. The summed E-state index contributed by atoms with van der Waals surface area (Å²) in [5.41, 5.74) is 1.70. The average Bonchev–Trinajstić information content (AvgIpc) is 2.69. The van der Waals surface area contributed by atoms with E-state index < -0.39 is 0 Å². The molecule has 0 radical (unpaired) electrons. The first kappa shape index (κ1) is 22.4. The summed E-state index contributed by atoms with van der Waals surface area (Å²) < 4.78 is 18.7. The summed E-state index contributed by atoms with van der Waals surface area (Å²) in [6.45, 7) is 8.55. The van der Waals surface area contributed by atoms with Gasteiger partial charge < -0.3 is 15.0 Å². The van der Waals surface area contributed by atoms with Crippen molar-refractivity contribution >= 4 is 11.8 Å². The Morgan fingerprint density at radius 1 is 1.07 bits per heavy atom. The molecular weight excluding hydrogens is 371 g/mol. The number of nitrogens with zero attached hydrogens (tertiary/aromatic N) is 1. The Balaban J connectivity index is 1.88. The summed E-state index contributed by atoms with van der Waals surface area (Å²) >= 11 is 0. The van der Waals surface area contributed by atoms with E-state index in [2.05, 4.69) is 26.1 Å². The number of carbonyl (C=O) groups excluding carboxylic acids is 2. The molecule has 0 fully saturated rings. The van der Waals surface area contributed by atoms with Crippen LogP contribution in [0.2, 0.25) is 0 Å². The van der Waals surface area contributed by atoms with Crippen LogP contribution in [0.25, 0.3) is 0 Å². The SMILES string of the molecule is CCN(CC(=O)NCc1ccc(F)cc1)C(=O)COc1ccccc1C(C)(C)C. The molecule has 0 saturated carbocycles. The molecule has 0 atom stereocenters. The van der Waals surface area contributed by atoms with Gasteiger partial charge in [0.2, 0.25) is 5.91 Å².